The van der Waals surface area contributed by atoms with Crippen molar-refractivity contribution in [2.45, 2.75) is 55.9 Å². The SMILES string of the molecule is C#Cc1c(F)ccc2cc(OC)cc(-c3ncc4c(N5CC6CCC(C5)N6)nc(OC[C@@]56CCCN5C[C@H](F)C6)nc4c3F)c12. The lowest BCUT2D eigenvalue weighted by atomic mass is 9.95. The molecule has 4 aliphatic rings. The predicted molar refractivity (Wildman–Crippen MR) is 165 cm³/mol. The van der Waals surface area contributed by atoms with E-state index in [4.69, 9.17) is 20.9 Å². The third-order valence-electron chi connectivity index (χ3n) is 10.1. The van der Waals surface area contributed by atoms with E-state index < -0.39 is 23.3 Å². The Balaban J connectivity index is 1.28. The van der Waals surface area contributed by atoms with Crippen LogP contribution in [0.3, 0.4) is 0 Å². The molecular weight excluding hydrogens is 581 g/mol. The largest absolute Gasteiger partial charge is 0.497 e. The van der Waals surface area contributed by atoms with Gasteiger partial charge in [0.1, 0.15) is 41.4 Å². The van der Waals surface area contributed by atoms with Gasteiger partial charge < -0.3 is 19.7 Å². The zero-order valence-corrected chi connectivity index (χ0v) is 25.0. The number of aromatic nitrogens is 3. The minimum Gasteiger partial charge on any atom is -0.497 e. The Kier molecular flexibility index (Phi) is 6.76. The van der Waals surface area contributed by atoms with Crippen molar-refractivity contribution in [3.63, 3.8) is 0 Å². The molecule has 4 aromatic rings. The number of terminal acetylenes is 1. The van der Waals surface area contributed by atoms with Crippen LogP contribution < -0.4 is 19.7 Å². The maximum absolute atomic E-state index is 16.9. The lowest BCUT2D eigenvalue weighted by Gasteiger charge is -2.34. The van der Waals surface area contributed by atoms with Crippen molar-refractivity contribution in [2.75, 3.05) is 44.8 Å². The average Bonchev–Trinajstić information content (AvgIpc) is 3.69. The summed E-state index contributed by atoms with van der Waals surface area (Å²) in [4.78, 5) is 18.3. The second-order valence-electron chi connectivity index (χ2n) is 12.8. The van der Waals surface area contributed by atoms with Crippen molar-refractivity contribution in [2.24, 2.45) is 0 Å². The van der Waals surface area contributed by atoms with Crippen LogP contribution in [0, 0.1) is 24.0 Å². The van der Waals surface area contributed by atoms with Crippen molar-refractivity contribution in [3.05, 3.63) is 47.7 Å². The number of methoxy groups -OCH3 is 1. The molecule has 232 valence electrons. The molecule has 8 nitrogen and oxygen atoms in total. The molecule has 45 heavy (non-hydrogen) atoms. The number of anilines is 1. The molecule has 1 N–H and O–H groups in total. The van der Waals surface area contributed by atoms with E-state index in [1.807, 2.05) is 0 Å². The van der Waals surface area contributed by atoms with Crippen LogP contribution in [0.5, 0.6) is 11.8 Å². The lowest BCUT2D eigenvalue weighted by molar-refractivity contribution is 0.107. The van der Waals surface area contributed by atoms with Crippen molar-refractivity contribution in [3.8, 4) is 35.4 Å². The number of nitrogens with zero attached hydrogens (tertiary/aromatic N) is 5. The van der Waals surface area contributed by atoms with Crippen LogP contribution in [0.4, 0.5) is 19.0 Å². The van der Waals surface area contributed by atoms with Gasteiger partial charge in [0, 0.05) is 55.3 Å². The molecule has 2 unspecified atom stereocenters. The zero-order valence-electron chi connectivity index (χ0n) is 25.0. The fourth-order valence-corrected chi connectivity index (χ4v) is 7.99. The predicted octanol–water partition coefficient (Wildman–Crippen LogP) is 5.01. The van der Waals surface area contributed by atoms with Crippen molar-refractivity contribution >= 4 is 27.5 Å². The van der Waals surface area contributed by atoms with Crippen LogP contribution in [0.1, 0.15) is 37.7 Å². The Labute approximate surface area is 258 Å². The number of benzene rings is 2. The van der Waals surface area contributed by atoms with E-state index in [9.17, 15) is 8.78 Å². The maximum Gasteiger partial charge on any atom is 0.319 e. The molecule has 6 heterocycles. The number of alkyl halides is 1. The molecule has 0 saturated carbocycles. The van der Waals surface area contributed by atoms with Gasteiger partial charge in [0.05, 0.1) is 23.6 Å². The Morgan fingerprint density at radius 3 is 2.73 bits per heavy atom. The average molecular weight is 615 g/mol. The summed E-state index contributed by atoms with van der Waals surface area (Å²) in [6.45, 7) is 2.86. The van der Waals surface area contributed by atoms with Crippen LogP contribution in [0.2, 0.25) is 0 Å². The summed E-state index contributed by atoms with van der Waals surface area (Å²) in [6, 6.07) is 6.85. The van der Waals surface area contributed by atoms with Crippen LogP contribution in [0.15, 0.2) is 30.5 Å². The number of rotatable bonds is 6. The van der Waals surface area contributed by atoms with E-state index in [1.165, 1.54) is 13.2 Å². The van der Waals surface area contributed by atoms with Gasteiger partial charge in [-0.05, 0) is 55.8 Å². The van der Waals surface area contributed by atoms with Gasteiger partial charge in [0.25, 0.3) is 0 Å². The minimum absolute atomic E-state index is 0.0123. The van der Waals surface area contributed by atoms with Crippen molar-refractivity contribution in [1.29, 1.82) is 0 Å². The van der Waals surface area contributed by atoms with Crippen LogP contribution in [0.25, 0.3) is 32.9 Å². The summed E-state index contributed by atoms with van der Waals surface area (Å²) >= 11 is 0. The van der Waals surface area contributed by atoms with Gasteiger partial charge in [-0.3, -0.25) is 9.88 Å². The molecule has 11 heteroatoms. The van der Waals surface area contributed by atoms with E-state index in [-0.39, 0.29) is 29.4 Å². The molecule has 0 amide bonds. The first kappa shape index (κ1) is 28.3. The quantitative estimate of drug-likeness (QED) is 0.304. The standard InChI is InChI=1S/C34H33F3N6O2/c1-3-24-27(36)8-5-19-11-23(44-2)12-25(28(19)24)30-29(37)31-26(14-38-30)32(42-16-21-6-7-22(17-42)39-21)41-33(40-31)45-18-34-9-4-10-43(34)15-20(35)13-34/h1,5,8,11-12,14,20-22,39H,4,6-7,9-10,13,15-18H2,2H3/t20-,21?,22?,34+/m1/s1. The summed E-state index contributed by atoms with van der Waals surface area (Å²) < 4.78 is 58.0. The fourth-order valence-electron chi connectivity index (χ4n) is 7.99. The van der Waals surface area contributed by atoms with Gasteiger partial charge in [0.15, 0.2) is 5.82 Å². The highest BCUT2D eigenvalue weighted by molar-refractivity contribution is 6.03. The molecule has 2 bridgehead atoms. The molecule has 4 atom stereocenters. The van der Waals surface area contributed by atoms with Crippen LogP contribution >= 0.6 is 0 Å². The van der Waals surface area contributed by atoms with Crippen LogP contribution in [-0.4, -0.2) is 83.5 Å². The number of ether oxygens (including phenoxy) is 2. The summed E-state index contributed by atoms with van der Waals surface area (Å²) in [7, 11) is 1.50. The highest BCUT2D eigenvalue weighted by Crippen LogP contribution is 2.42. The molecule has 0 spiro atoms. The Morgan fingerprint density at radius 1 is 1.13 bits per heavy atom. The van der Waals surface area contributed by atoms with E-state index >= 15 is 4.39 Å². The molecule has 4 aliphatic heterocycles. The maximum atomic E-state index is 16.9. The van der Waals surface area contributed by atoms with Crippen LogP contribution in [-0.2, 0) is 0 Å². The molecular formula is C34H33F3N6O2. The van der Waals surface area contributed by atoms with Gasteiger partial charge in [-0.25, -0.2) is 13.2 Å². The summed E-state index contributed by atoms with van der Waals surface area (Å²) in [5, 5.41) is 5.02. The Hall–Kier alpha value is -4.14. The topological polar surface area (TPSA) is 75.6 Å². The number of pyridine rings is 1. The van der Waals surface area contributed by atoms with Gasteiger partial charge >= 0.3 is 6.01 Å². The molecule has 0 aliphatic carbocycles. The monoisotopic (exact) mass is 614 g/mol. The molecule has 4 fully saturated rings. The van der Waals surface area contributed by atoms with Crippen molar-refractivity contribution in [1.82, 2.24) is 25.2 Å². The number of halogens is 3. The van der Waals surface area contributed by atoms with Gasteiger partial charge in [0.2, 0.25) is 0 Å². The molecule has 8 rings (SSSR count). The zero-order chi connectivity index (χ0) is 30.9. The summed E-state index contributed by atoms with van der Waals surface area (Å²) in [5.74, 6) is 2.13. The highest BCUT2D eigenvalue weighted by atomic mass is 19.1. The number of hydrogen-bond donors (Lipinski definition) is 1. The number of nitrogens with one attached hydrogen (secondary N) is 1. The molecule has 4 saturated heterocycles. The molecule has 2 aromatic heterocycles. The normalized spacial score (nSPS) is 26.0. The fraction of sp³-hybridized carbons (Fsp3) is 0.441. The van der Waals surface area contributed by atoms with E-state index in [0.717, 1.165) is 32.2 Å². The Bertz CT molecular complexity index is 1870. The number of hydrogen-bond acceptors (Lipinski definition) is 8. The second-order valence-corrected chi connectivity index (χ2v) is 12.8. The first-order valence-electron chi connectivity index (χ1n) is 15.5. The van der Waals surface area contributed by atoms with E-state index in [0.29, 0.717) is 71.4 Å². The first-order valence-corrected chi connectivity index (χ1v) is 15.5. The smallest absolute Gasteiger partial charge is 0.319 e. The first-order chi connectivity index (χ1) is 21.9. The third kappa shape index (κ3) is 4.65. The molecule has 2 aromatic carbocycles. The number of fused-ring (bicyclic) bond motifs is 5. The Morgan fingerprint density at radius 2 is 1.96 bits per heavy atom. The summed E-state index contributed by atoms with van der Waals surface area (Å²) in [5.41, 5.74) is -0.113. The summed E-state index contributed by atoms with van der Waals surface area (Å²) in [6.07, 6.45) is 10.7. The lowest BCUT2D eigenvalue weighted by Crippen LogP contribution is -2.51. The van der Waals surface area contributed by atoms with Gasteiger partial charge in [-0.1, -0.05) is 12.0 Å². The minimum atomic E-state index is -0.903. The van der Waals surface area contributed by atoms with Gasteiger partial charge in [-0.15, -0.1) is 6.42 Å². The molecule has 0 radical (unpaired) electrons. The van der Waals surface area contributed by atoms with Crippen molar-refractivity contribution < 1.29 is 22.6 Å². The highest BCUT2D eigenvalue weighted by Gasteiger charge is 2.49. The van der Waals surface area contributed by atoms with Gasteiger partial charge in [-0.2, -0.15) is 9.97 Å². The number of piperazine rings is 1. The second kappa shape index (κ2) is 10.7. The van der Waals surface area contributed by atoms with E-state index in [2.05, 4.69) is 31.0 Å². The van der Waals surface area contributed by atoms with E-state index in [1.54, 1.807) is 24.4 Å². The third-order valence-corrected chi connectivity index (χ3v) is 10.1.